The smallest absolute Gasteiger partial charge is 0.349 e. The second kappa shape index (κ2) is 21.8. The van der Waals surface area contributed by atoms with Gasteiger partial charge in [0.25, 0.3) is 5.56 Å². The molecule has 14 rings (SSSR count). The Morgan fingerprint density at radius 1 is 0.561 bits per heavy atom. The summed E-state index contributed by atoms with van der Waals surface area (Å²) in [6.07, 6.45) is 6.20. The van der Waals surface area contributed by atoms with Gasteiger partial charge in [-0.1, -0.05) is 56.1 Å². The summed E-state index contributed by atoms with van der Waals surface area (Å²) >= 11 is 9.78. The Kier molecular flexibility index (Phi) is 14.0. The molecule has 2 aromatic carbocycles. The van der Waals surface area contributed by atoms with Crippen LogP contribution < -0.4 is 67.0 Å². The van der Waals surface area contributed by atoms with Crippen molar-refractivity contribution in [3.63, 3.8) is 0 Å². The molecule has 420 valence electrons. The van der Waals surface area contributed by atoms with Gasteiger partial charge in [-0.2, -0.15) is 5.26 Å². The summed E-state index contributed by atoms with van der Waals surface area (Å²) in [5.74, 6) is 2.41. The van der Waals surface area contributed by atoms with E-state index in [-0.39, 0.29) is 35.6 Å². The Bertz CT molecular complexity index is 4170. The van der Waals surface area contributed by atoms with Gasteiger partial charge in [-0.05, 0) is 42.3 Å². The molecule has 0 bridgehead atoms. The Morgan fingerprint density at radius 3 is 1.50 bits per heavy atom. The van der Waals surface area contributed by atoms with Crippen molar-refractivity contribution in [1.82, 2.24) is 4.57 Å². The number of ether oxygens (including phenoxy) is 10. The molecule has 0 saturated heterocycles. The summed E-state index contributed by atoms with van der Waals surface area (Å²) < 4.78 is 65.2. The Labute approximate surface area is 494 Å². The standard InChI is InChI=1S/C57H45N3O15S7/c1-2-3-4-7-12-59-29-8-5-6-9-31(29)76-32-23-27(10-11-30(32)59)46-38-39(69-16-15-68-38)49(79-46)50-42-43(73-20-19-72-42)53(81-50)54-45-44(74-21-22-75-45)52(82-54)51-41-40(70-17-18-71-41)48(80-51)47-37-36(66-13-14-67-37)33(77-47)24-34-55(63)60(26-35(61)62)56(78-34)28(25-58)57(64)65/h5-6,8-11,23-24H,2-4,7,12-22,26H2,1H3,(H,61,62)(H,64,65)/b34-24+,56-28+. The fraction of sp³-hybridized carbons (Fsp3) is 0.298. The number of nitriles is 1. The molecule has 0 radical (unpaired) electrons. The molecule has 12 heterocycles. The number of para-hydroxylation sites is 1. The van der Waals surface area contributed by atoms with E-state index < -0.39 is 29.6 Å². The highest BCUT2D eigenvalue weighted by Crippen LogP contribution is 2.68. The van der Waals surface area contributed by atoms with Crippen molar-refractivity contribution in [2.45, 2.75) is 48.9 Å². The lowest BCUT2D eigenvalue weighted by Crippen LogP contribution is -2.35. The number of rotatable bonds is 14. The quantitative estimate of drug-likeness (QED) is 0.0968. The molecule has 0 unspecified atom stereocenters. The van der Waals surface area contributed by atoms with E-state index in [1.54, 1.807) is 29.2 Å². The molecule has 0 fully saturated rings. The second-order valence-electron chi connectivity index (χ2n) is 19.1. The van der Waals surface area contributed by atoms with Crippen LogP contribution >= 0.6 is 79.8 Å². The summed E-state index contributed by atoms with van der Waals surface area (Å²) in [5, 5.41) is 29.1. The number of fused-ring (bicyclic) bond motifs is 7. The molecule has 0 spiro atoms. The molecule has 0 amide bonds. The minimum absolute atomic E-state index is 0.00721. The predicted molar refractivity (Wildman–Crippen MR) is 315 cm³/mol. The molecule has 8 aromatic rings. The highest BCUT2D eigenvalue weighted by Gasteiger charge is 2.40. The lowest BCUT2D eigenvalue weighted by Gasteiger charge is -2.33. The number of carboxylic acids is 2. The number of aromatic nitrogens is 1. The molecule has 6 aliphatic heterocycles. The summed E-state index contributed by atoms with van der Waals surface area (Å²) in [6.45, 7) is 5.40. The molecule has 82 heavy (non-hydrogen) atoms. The van der Waals surface area contributed by atoms with Gasteiger partial charge in [-0.15, -0.1) is 68.0 Å². The lowest BCUT2D eigenvalue weighted by molar-refractivity contribution is -0.138. The van der Waals surface area contributed by atoms with E-state index in [9.17, 15) is 29.9 Å². The van der Waals surface area contributed by atoms with E-state index in [4.69, 9.17) is 47.4 Å². The number of thiazole rings is 1. The van der Waals surface area contributed by atoms with Crippen molar-refractivity contribution in [3.05, 3.63) is 66.9 Å². The maximum Gasteiger partial charge on any atom is 0.349 e. The molecule has 0 saturated carbocycles. The molecular weight excluding hydrogens is 1190 g/mol. The van der Waals surface area contributed by atoms with Crippen LogP contribution in [0, 0.1) is 11.3 Å². The number of nitrogens with zero attached hydrogens (tertiary/aromatic N) is 3. The van der Waals surface area contributed by atoms with Gasteiger partial charge in [-0.3, -0.25) is 14.2 Å². The van der Waals surface area contributed by atoms with Crippen LogP contribution in [0.1, 0.15) is 37.5 Å². The number of carbonyl (C=O) groups is 2. The third kappa shape index (κ3) is 9.00. The normalized spacial score (nSPS) is 15.9. The second-order valence-corrected chi connectivity index (χ2v) is 26.3. The summed E-state index contributed by atoms with van der Waals surface area (Å²) in [7, 11) is 0. The van der Waals surface area contributed by atoms with Crippen LogP contribution in [0.25, 0.3) is 61.1 Å². The number of thiophene rings is 5. The van der Waals surface area contributed by atoms with Crippen LogP contribution in [-0.2, 0) is 16.1 Å². The molecule has 0 atom stereocenters. The van der Waals surface area contributed by atoms with E-state index in [1.165, 1.54) is 91.9 Å². The average molecular weight is 1240 g/mol. The highest BCUT2D eigenvalue weighted by atomic mass is 32.2. The maximum atomic E-state index is 13.8. The van der Waals surface area contributed by atoms with E-state index in [0.717, 1.165) is 57.2 Å². The number of hydrogen-bond donors (Lipinski definition) is 2. The number of aliphatic carboxylic acids is 2. The first-order chi connectivity index (χ1) is 40.2. The topological polar surface area (TPSA) is 216 Å². The van der Waals surface area contributed by atoms with E-state index in [2.05, 4.69) is 54.3 Å². The number of carboxylic acid groups (broad SMARTS) is 2. The molecule has 0 aliphatic carbocycles. The summed E-state index contributed by atoms with van der Waals surface area (Å²) in [4.78, 5) is 50.0. The van der Waals surface area contributed by atoms with Crippen molar-refractivity contribution in [3.8, 4) is 113 Å². The first-order valence-corrected chi connectivity index (χ1v) is 32.0. The highest BCUT2D eigenvalue weighted by molar-refractivity contribution is 7.99. The van der Waals surface area contributed by atoms with Crippen LogP contribution in [0.2, 0.25) is 0 Å². The first-order valence-electron chi connectivity index (χ1n) is 26.3. The third-order valence-corrected chi connectivity index (χ3v) is 22.6. The number of unbranched alkanes of at least 4 members (excludes halogenated alkanes) is 3. The van der Waals surface area contributed by atoms with Gasteiger partial charge in [-0.25, -0.2) is 4.79 Å². The van der Waals surface area contributed by atoms with Gasteiger partial charge in [0.1, 0.15) is 83.3 Å². The Balaban J connectivity index is 0.866. The number of hydrogen-bond acceptors (Lipinski definition) is 22. The van der Waals surface area contributed by atoms with Crippen molar-refractivity contribution in [2.75, 3.05) is 77.5 Å². The van der Waals surface area contributed by atoms with Gasteiger partial charge in [0.2, 0.25) is 0 Å². The Hall–Kier alpha value is -7.31. The van der Waals surface area contributed by atoms with Gasteiger partial charge >= 0.3 is 11.9 Å². The van der Waals surface area contributed by atoms with Crippen LogP contribution in [0.4, 0.5) is 11.4 Å². The van der Waals surface area contributed by atoms with Crippen LogP contribution in [0.5, 0.6) is 57.5 Å². The van der Waals surface area contributed by atoms with Crippen molar-refractivity contribution in [2.24, 2.45) is 0 Å². The van der Waals surface area contributed by atoms with E-state index >= 15 is 0 Å². The third-order valence-electron chi connectivity index (χ3n) is 14.0. The largest absolute Gasteiger partial charge is 0.485 e. The summed E-state index contributed by atoms with van der Waals surface area (Å²) in [6, 6.07) is 17.0. The fourth-order valence-electron chi connectivity index (χ4n) is 10.5. The van der Waals surface area contributed by atoms with E-state index in [1.807, 2.05) is 0 Å². The lowest BCUT2D eigenvalue weighted by atomic mass is 10.1. The van der Waals surface area contributed by atoms with Crippen molar-refractivity contribution in [1.29, 1.82) is 5.26 Å². The first kappa shape index (κ1) is 52.7. The summed E-state index contributed by atoms with van der Waals surface area (Å²) in [5.41, 5.74) is 1.94. The van der Waals surface area contributed by atoms with Gasteiger partial charge in [0, 0.05) is 16.3 Å². The van der Waals surface area contributed by atoms with Gasteiger partial charge in [0.05, 0.1) is 64.7 Å². The predicted octanol–water partition coefficient (Wildman–Crippen LogP) is 11.3. The van der Waals surface area contributed by atoms with Crippen LogP contribution in [0.3, 0.4) is 0 Å². The number of benzene rings is 2. The molecule has 6 aromatic heterocycles. The molecule has 2 N–H and O–H groups in total. The van der Waals surface area contributed by atoms with Crippen molar-refractivity contribution < 1.29 is 67.2 Å². The minimum atomic E-state index is -1.59. The van der Waals surface area contributed by atoms with Crippen LogP contribution in [-0.4, -0.2) is 99.3 Å². The molecular formula is C57H45N3O15S7. The molecule has 6 aliphatic rings. The SMILES string of the molecule is CCCCCCN1c2ccccc2Sc2cc(-c3sc(-c4sc(-c5sc(-c6sc(-c7sc(/C=c8/s/c(=C(\C#N)C(=O)O)n(CC(=O)O)c8=O)c8c7OCCO8)c7c6OCCO7)c6c5OCCO6)c5c4OCCO5)c4c3OCCO4)ccc21. The zero-order valence-electron chi connectivity index (χ0n) is 43.3. The van der Waals surface area contributed by atoms with E-state index in [0.29, 0.717) is 123 Å². The van der Waals surface area contributed by atoms with Gasteiger partial charge in [0.15, 0.2) is 63.1 Å². The fourth-order valence-corrected chi connectivity index (χ4v) is 19.1. The zero-order chi connectivity index (χ0) is 55.8. The van der Waals surface area contributed by atoms with Gasteiger partial charge < -0.3 is 62.5 Å². The van der Waals surface area contributed by atoms with Crippen molar-refractivity contribution >= 4 is 115 Å². The number of anilines is 2. The zero-order valence-corrected chi connectivity index (χ0v) is 49.0. The minimum Gasteiger partial charge on any atom is -0.485 e. The molecule has 18 nitrogen and oxygen atoms in total. The average Bonchev–Trinajstić information content (AvgIpc) is 4.54. The molecule has 25 heteroatoms. The monoisotopic (exact) mass is 1240 g/mol. The maximum absolute atomic E-state index is 13.8. The van der Waals surface area contributed by atoms with Crippen LogP contribution in [0.15, 0.2) is 57.1 Å². The Morgan fingerprint density at radius 2 is 1.01 bits per heavy atom.